The minimum Gasteiger partial charge on any atom is -0.354 e. The number of aromatic nitrogens is 5. The van der Waals surface area contributed by atoms with Gasteiger partial charge in [-0.15, -0.1) is 0 Å². The maximum absolute atomic E-state index is 13.0. The molecule has 6 heterocycles. The molecule has 0 bridgehead atoms. The van der Waals surface area contributed by atoms with Gasteiger partial charge in [0.25, 0.3) is 5.91 Å². The first-order valence-corrected chi connectivity index (χ1v) is 12.0. The second-order valence-corrected chi connectivity index (χ2v) is 9.20. The van der Waals surface area contributed by atoms with Crippen molar-refractivity contribution >= 4 is 39.5 Å². The molecule has 180 valence electrons. The minimum atomic E-state index is -0.228. The Balaban J connectivity index is 1.24. The predicted octanol–water partition coefficient (Wildman–Crippen LogP) is 3.88. The number of amides is 1. The molecule has 1 aliphatic rings. The van der Waals surface area contributed by atoms with Gasteiger partial charge in [0, 0.05) is 78.9 Å². The zero-order chi connectivity index (χ0) is 24.6. The van der Waals surface area contributed by atoms with Gasteiger partial charge in [-0.3, -0.25) is 4.79 Å². The normalized spacial score (nSPS) is 14.4. The van der Waals surface area contributed by atoms with Crippen LogP contribution in [0.25, 0.3) is 33.2 Å². The third-order valence-corrected chi connectivity index (χ3v) is 6.68. The number of piperazine rings is 1. The van der Waals surface area contributed by atoms with Gasteiger partial charge in [-0.2, -0.15) is 0 Å². The van der Waals surface area contributed by atoms with Crippen molar-refractivity contribution in [3.63, 3.8) is 0 Å². The van der Waals surface area contributed by atoms with Crippen LogP contribution >= 0.6 is 0 Å². The van der Waals surface area contributed by atoms with E-state index in [1.807, 2.05) is 30.6 Å². The molecule has 6 rings (SSSR count). The molecular weight excluding hydrogens is 452 g/mol. The molecular formula is C27H26N8O. The molecule has 0 unspecified atom stereocenters. The van der Waals surface area contributed by atoms with E-state index in [0.29, 0.717) is 11.4 Å². The first-order valence-electron chi connectivity index (χ1n) is 12.0. The molecule has 1 aliphatic heterocycles. The number of aromatic amines is 1. The Hall–Kier alpha value is -4.37. The van der Waals surface area contributed by atoms with Crippen LogP contribution in [0.3, 0.4) is 0 Å². The van der Waals surface area contributed by atoms with E-state index in [4.69, 9.17) is 4.98 Å². The highest BCUT2D eigenvalue weighted by Crippen LogP contribution is 2.26. The van der Waals surface area contributed by atoms with Crippen molar-refractivity contribution in [3.05, 3.63) is 72.3 Å². The summed E-state index contributed by atoms with van der Waals surface area (Å²) in [5, 5.41) is 4.88. The number of hydrogen-bond donors (Lipinski definition) is 2. The van der Waals surface area contributed by atoms with Gasteiger partial charge in [0.2, 0.25) is 0 Å². The summed E-state index contributed by atoms with van der Waals surface area (Å²) in [7, 11) is 2.11. The molecule has 9 heteroatoms. The maximum Gasteiger partial charge on any atom is 0.257 e. The Kier molecular flexibility index (Phi) is 5.54. The number of H-pyrrole nitrogens is 1. The van der Waals surface area contributed by atoms with Gasteiger partial charge in [-0.25, -0.2) is 19.9 Å². The summed E-state index contributed by atoms with van der Waals surface area (Å²) in [6.07, 6.45) is 7.17. The van der Waals surface area contributed by atoms with Crippen molar-refractivity contribution in [2.75, 3.05) is 43.4 Å². The number of rotatable bonds is 4. The summed E-state index contributed by atoms with van der Waals surface area (Å²) in [5.41, 5.74) is 5.04. The van der Waals surface area contributed by atoms with E-state index in [9.17, 15) is 4.79 Å². The molecule has 1 amide bonds. The summed E-state index contributed by atoms with van der Waals surface area (Å²) >= 11 is 0. The Morgan fingerprint density at radius 1 is 1.00 bits per heavy atom. The monoisotopic (exact) mass is 478 g/mol. The number of anilines is 2. The second kappa shape index (κ2) is 9.01. The summed E-state index contributed by atoms with van der Waals surface area (Å²) in [4.78, 5) is 38.9. The van der Waals surface area contributed by atoms with Gasteiger partial charge in [-0.1, -0.05) is 0 Å². The van der Waals surface area contributed by atoms with E-state index in [1.54, 1.807) is 24.5 Å². The Morgan fingerprint density at radius 2 is 1.86 bits per heavy atom. The van der Waals surface area contributed by atoms with Crippen LogP contribution in [0.2, 0.25) is 0 Å². The first-order chi connectivity index (χ1) is 17.5. The number of pyridine rings is 4. The molecule has 36 heavy (non-hydrogen) atoms. The minimum absolute atomic E-state index is 0.228. The molecule has 0 atom stereocenters. The fourth-order valence-corrected chi connectivity index (χ4v) is 4.48. The third-order valence-electron chi connectivity index (χ3n) is 6.68. The largest absolute Gasteiger partial charge is 0.354 e. The van der Waals surface area contributed by atoms with E-state index in [1.165, 1.54) is 0 Å². The third kappa shape index (κ3) is 4.25. The van der Waals surface area contributed by atoms with E-state index in [-0.39, 0.29) is 5.91 Å². The van der Waals surface area contributed by atoms with Gasteiger partial charge < -0.3 is 20.1 Å². The predicted molar refractivity (Wildman–Crippen MR) is 141 cm³/mol. The van der Waals surface area contributed by atoms with Crippen LogP contribution in [0.4, 0.5) is 11.6 Å². The van der Waals surface area contributed by atoms with Crippen LogP contribution in [0.1, 0.15) is 15.9 Å². The number of fused-ring (bicyclic) bond motifs is 2. The molecule has 5 aromatic heterocycles. The zero-order valence-corrected chi connectivity index (χ0v) is 20.2. The van der Waals surface area contributed by atoms with Crippen LogP contribution < -0.4 is 10.2 Å². The average Bonchev–Trinajstić information content (AvgIpc) is 3.28. The summed E-state index contributed by atoms with van der Waals surface area (Å²) in [6.45, 7) is 5.78. The topological polar surface area (TPSA) is 103 Å². The molecule has 9 nitrogen and oxygen atoms in total. The molecule has 1 fully saturated rings. The van der Waals surface area contributed by atoms with Gasteiger partial charge in [0.05, 0.1) is 11.2 Å². The molecule has 5 aromatic rings. The lowest BCUT2D eigenvalue weighted by molar-refractivity contribution is 0.102. The summed E-state index contributed by atoms with van der Waals surface area (Å²) < 4.78 is 0. The number of nitrogens with zero attached hydrogens (tertiary/aromatic N) is 6. The number of carbonyl (C=O) groups is 1. The first kappa shape index (κ1) is 22.1. The van der Waals surface area contributed by atoms with Crippen molar-refractivity contribution < 1.29 is 4.79 Å². The van der Waals surface area contributed by atoms with E-state index < -0.39 is 0 Å². The van der Waals surface area contributed by atoms with E-state index in [2.05, 4.69) is 55.1 Å². The Labute approximate surface area is 208 Å². The van der Waals surface area contributed by atoms with E-state index in [0.717, 1.165) is 70.8 Å². The van der Waals surface area contributed by atoms with Crippen LogP contribution in [-0.4, -0.2) is 69.0 Å². The zero-order valence-electron chi connectivity index (χ0n) is 20.2. The fourth-order valence-electron chi connectivity index (χ4n) is 4.48. The molecule has 0 aromatic carbocycles. The van der Waals surface area contributed by atoms with Crippen LogP contribution in [0.5, 0.6) is 0 Å². The summed E-state index contributed by atoms with van der Waals surface area (Å²) in [6, 6.07) is 11.4. The highest BCUT2D eigenvalue weighted by atomic mass is 16.1. The van der Waals surface area contributed by atoms with Crippen molar-refractivity contribution in [1.82, 2.24) is 29.8 Å². The molecule has 0 radical (unpaired) electrons. The second-order valence-electron chi connectivity index (χ2n) is 9.20. The maximum atomic E-state index is 13.0. The van der Waals surface area contributed by atoms with Crippen LogP contribution in [0.15, 0.2) is 61.2 Å². The smallest absolute Gasteiger partial charge is 0.257 e. The lowest BCUT2D eigenvalue weighted by Gasteiger charge is -2.33. The highest BCUT2D eigenvalue weighted by Gasteiger charge is 2.17. The molecule has 0 spiro atoms. The van der Waals surface area contributed by atoms with E-state index >= 15 is 0 Å². The lowest BCUT2D eigenvalue weighted by Crippen LogP contribution is -2.44. The van der Waals surface area contributed by atoms with Gasteiger partial charge in [-0.05, 0) is 49.9 Å². The van der Waals surface area contributed by atoms with Gasteiger partial charge in [0.1, 0.15) is 17.3 Å². The molecule has 0 aliphatic carbocycles. The standard InChI is InChI=1S/C27H26N8O/c1-17-14-30-26-21(17)11-20(16-31-26)22-4-3-19-15-29-24(13-23(19)32-22)33-27(36)18-5-6-28-25(12-18)35-9-7-34(2)8-10-35/h3-6,11-16H,7-10H2,1-2H3,(H,30,31)(H,29,33,36). The average molecular weight is 479 g/mol. The van der Waals surface area contributed by atoms with Crippen molar-refractivity contribution in [3.8, 4) is 11.3 Å². The lowest BCUT2D eigenvalue weighted by atomic mass is 10.1. The van der Waals surface area contributed by atoms with Crippen LogP contribution in [0, 0.1) is 6.92 Å². The van der Waals surface area contributed by atoms with Crippen LogP contribution in [-0.2, 0) is 0 Å². The quantitative estimate of drug-likeness (QED) is 0.404. The number of carbonyl (C=O) groups excluding carboxylic acids is 1. The number of aryl methyl sites for hydroxylation is 1. The number of hydrogen-bond acceptors (Lipinski definition) is 7. The Bertz CT molecular complexity index is 1590. The van der Waals surface area contributed by atoms with Crippen molar-refractivity contribution in [2.24, 2.45) is 0 Å². The van der Waals surface area contributed by atoms with Crippen molar-refractivity contribution in [2.45, 2.75) is 6.92 Å². The SMILES string of the molecule is Cc1c[nH]c2ncc(-c3ccc4cnc(NC(=O)c5ccnc(N6CCN(C)CC6)c5)cc4n3)cc12. The molecule has 2 N–H and O–H groups in total. The van der Waals surface area contributed by atoms with Gasteiger partial charge in [0.15, 0.2) is 0 Å². The molecule has 1 saturated heterocycles. The van der Waals surface area contributed by atoms with Crippen molar-refractivity contribution in [1.29, 1.82) is 0 Å². The fraction of sp³-hybridized carbons (Fsp3) is 0.222. The summed E-state index contributed by atoms with van der Waals surface area (Å²) in [5.74, 6) is 1.04. The Morgan fingerprint density at radius 3 is 2.72 bits per heavy atom. The number of likely N-dealkylation sites (N-methyl/N-ethyl adjacent to an activating group) is 1. The molecule has 0 saturated carbocycles. The highest BCUT2D eigenvalue weighted by molar-refractivity contribution is 6.04. The number of nitrogens with one attached hydrogen (secondary N) is 2. The van der Waals surface area contributed by atoms with Gasteiger partial charge >= 0.3 is 0 Å².